The molecule has 4 aliphatic heterocycles. The summed E-state index contributed by atoms with van der Waals surface area (Å²) in [5, 5.41) is 10.6. The maximum atomic E-state index is 14.1. The number of hydrogen-bond acceptors (Lipinski definition) is 11. The number of carboxylic acid groups (broad SMARTS) is 1. The highest BCUT2D eigenvalue weighted by Gasteiger charge is 2.60. The van der Waals surface area contributed by atoms with Crippen molar-refractivity contribution in [1.82, 2.24) is 10.2 Å². The molecule has 5 aliphatic rings. The minimum absolute atomic E-state index is 0.135. The molecule has 3 aromatic rings. The van der Waals surface area contributed by atoms with Crippen LogP contribution in [-0.2, 0) is 48.0 Å². The Bertz CT molecular complexity index is 2190. The number of hydrogen-bond donors (Lipinski definition) is 2. The van der Waals surface area contributed by atoms with Gasteiger partial charge >= 0.3 is 26.2 Å². The van der Waals surface area contributed by atoms with Crippen molar-refractivity contribution in [3.8, 4) is 11.1 Å². The molecule has 4 atom stereocenters. The van der Waals surface area contributed by atoms with Crippen LogP contribution in [0.5, 0.6) is 0 Å². The number of carbonyl (C=O) groups excluding carboxylic acids is 2. The van der Waals surface area contributed by atoms with Crippen molar-refractivity contribution >= 4 is 32.1 Å². The fourth-order valence-electron chi connectivity index (χ4n) is 10.1. The highest BCUT2D eigenvalue weighted by molar-refractivity contribution is 6.45. The summed E-state index contributed by atoms with van der Waals surface area (Å²) >= 11 is 0. The number of fused-ring (bicyclic) bond motifs is 3. The lowest BCUT2D eigenvalue weighted by Crippen LogP contribution is -2.68. The van der Waals surface area contributed by atoms with E-state index in [1.54, 1.807) is 0 Å². The molecule has 3 aromatic carbocycles. The molecule has 4 fully saturated rings. The van der Waals surface area contributed by atoms with Gasteiger partial charge in [-0.25, -0.2) is 0 Å². The second-order valence-corrected chi connectivity index (χ2v) is 23.5. The van der Waals surface area contributed by atoms with Gasteiger partial charge in [0.15, 0.2) is 0 Å². The summed E-state index contributed by atoms with van der Waals surface area (Å²) in [5.41, 5.74) is 3.27. The number of rotatable bonds is 12. The van der Waals surface area contributed by atoms with Gasteiger partial charge in [0.1, 0.15) is 23.3 Å². The van der Waals surface area contributed by atoms with Gasteiger partial charge in [-0.15, -0.1) is 0 Å². The maximum Gasteiger partial charge on any atom is 0.457 e. The van der Waals surface area contributed by atoms with Crippen molar-refractivity contribution in [3.05, 3.63) is 95.6 Å². The van der Waals surface area contributed by atoms with Crippen LogP contribution in [0.4, 0.5) is 0 Å². The number of aliphatic carboxylic acids is 1. The number of nitrogens with zero attached hydrogens (tertiary/aromatic N) is 1. The molecule has 69 heavy (non-hydrogen) atoms. The van der Waals surface area contributed by atoms with Gasteiger partial charge in [-0.2, -0.15) is 0 Å². The molecule has 1 aliphatic carbocycles. The van der Waals surface area contributed by atoms with Crippen LogP contribution in [0.25, 0.3) is 11.1 Å². The lowest BCUT2D eigenvalue weighted by Gasteiger charge is -2.56. The molecule has 0 unspecified atom stereocenters. The summed E-state index contributed by atoms with van der Waals surface area (Å²) in [6, 6.07) is 27.5. The number of carboxylic acids is 1. The van der Waals surface area contributed by atoms with E-state index in [1.807, 2.05) is 41.5 Å². The van der Waals surface area contributed by atoms with Crippen molar-refractivity contribution in [2.45, 2.75) is 193 Å². The Balaban J connectivity index is 0.000000244. The quantitative estimate of drug-likeness (QED) is 0.132. The zero-order valence-corrected chi connectivity index (χ0v) is 44.2. The number of nitrogens with one attached hydrogen (secondary N) is 1. The van der Waals surface area contributed by atoms with E-state index in [2.05, 4.69) is 144 Å². The van der Waals surface area contributed by atoms with Crippen LogP contribution < -0.4 is 5.32 Å². The van der Waals surface area contributed by atoms with Gasteiger partial charge in [-0.05, 0) is 162 Å². The number of ether oxygens (including phenoxy) is 2. The zero-order chi connectivity index (χ0) is 51.0. The van der Waals surface area contributed by atoms with Crippen LogP contribution in [0.1, 0.15) is 146 Å². The summed E-state index contributed by atoms with van der Waals surface area (Å²) < 4.78 is 36.1. The van der Waals surface area contributed by atoms with Crippen molar-refractivity contribution < 1.29 is 47.6 Å². The Hall–Kier alpha value is -4.04. The van der Waals surface area contributed by atoms with Gasteiger partial charge in [0, 0.05) is 20.0 Å². The molecule has 0 saturated carbocycles. The molecule has 0 radical (unpaired) electrons. The first-order valence-corrected chi connectivity index (χ1v) is 25.1. The highest BCUT2D eigenvalue weighted by atomic mass is 16.7. The number of esters is 2. The summed E-state index contributed by atoms with van der Waals surface area (Å²) in [7, 11) is -0.372. The van der Waals surface area contributed by atoms with Crippen molar-refractivity contribution in [2.75, 3.05) is 13.1 Å². The first-order chi connectivity index (χ1) is 32.0. The largest absolute Gasteiger partial charge is 0.481 e. The molecule has 4 saturated heterocycles. The molecule has 2 N–H and O–H groups in total. The molecular weight excluding hydrogens is 870 g/mol. The first kappa shape index (κ1) is 54.3. The predicted octanol–water partition coefficient (Wildman–Crippen LogP) is 10.4. The van der Waals surface area contributed by atoms with E-state index in [0.717, 1.165) is 58.3 Å². The standard InChI is InChI=1S/C36H44BNO4.C17H32BNO4.C2H4O2/c1-33(2,3)40-32(39)31-25(16-15-23-37-41-34(4,5)35(6,7)42-37)24-38(31)36(26-17-9-8-10-18-26)29-21-13-11-19-27(29)28-20-12-14-22-30(28)36;1-15(2,3)21-14(20)13-12(11-19-13)9-8-10-18-22-16(4,5)17(6,7)23-18;1-2(3)4/h8-14,17-22,25,31H,15-16,23-24H2,1-7H3;12-13,19H,8-11H2,1-7H3;1H3,(H,3,4)/t25-,31-;12-,13-;/m00./s1. The average molecular weight is 951 g/mol. The lowest BCUT2D eigenvalue weighted by atomic mass is 9.71. The van der Waals surface area contributed by atoms with Crippen molar-refractivity contribution in [2.24, 2.45) is 11.8 Å². The second-order valence-electron chi connectivity index (χ2n) is 23.5. The molecule has 14 heteroatoms. The van der Waals surface area contributed by atoms with Crippen LogP contribution >= 0.6 is 0 Å². The van der Waals surface area contributed by atoms with E-state index in [0.29, 0.717) is 5.92 Å². The predicted molar refractivity (Wildman–Crippen MR) is 273 cm³/mol. The van der Waals surface area contributed by atoms with Gasteiger partial charge in [-0.1, -0.05) is 91.7 Å². The van der Waals surface area contributed by atoms with Crippen LogP contribution in [-0.4, -0.2) is 101 Å². The fourth-order valence-corrected chi connectivity index (χ4v) is 10.1. The van der Waals surface area contributed by atoms with E-state index >= 15 is 0 Å². The highest BCUT2D eigenvalue weighted by Crippen LogP contribution is 2.58. The Morgan fingerprint density at radius 1 is 0.638 bits per heavy atom. The van der Waals surface area contributed by atoms with Gasteiger partial charge in [0.25, 0.3) is 5.97 Å². The Morgan fingerprint density at radius 2 is 1.03 bits per heavy atom. The van der Waals surface area contributed by atoms with Gasteiger partial charge < -0.3 is 38.5 Å². The zero-order valence-electron chi connectivity index (χ0n) is 44.2. The number of likely N-dealkylation sites (tertiary alicyclic amines) is 1. The summed E-state index contributed by atoms with van der Waals surface area (Å²) in [6.45, 7) is 31.0. The molecule has 4 heterocycles. The van der Waals surface area contributed by atoms with E-state index in [-0.39, 0.29) is 66.6 Å². The Kier molecular flexibility index (Phi) is 16.2. The van der Waals surface area contributed by atoms with E-state index < -0.39 is 22.7 Å². The van der Waals surface area contributed by atoms with Gasteiger partial charge in [-0.3, -0.25) is 19.3 Å². The average Bonchev–Trinajstić information content (AvgIpc) is 3.69. The summed E-state index contributed by atoms with van der Waals surface area (Å²) in [5.74, 6) is -0.592. The van der Waals surface area contributed by atoms with E-state index in [9.17, 15) is 9.59 Å². The molecule has 0 spiro atoms. The second kappa shape index (κ2) is 20.6. The third-order valence-electron chi connectivity index (χ3n) is 14.8. The van der Waals surface area contributed by atoms with E-state index in [1.165, 1.54) is 27.8 Å². The minimum atomic E-state index is -0.833. The SMILES string of the molecule is CC(=O)O.CC(C)(C)OC(=O)[C@@H]1[C@@H](CCCB2OC(C)(C)C(C)(C)O2)CN1C1(c2ccccc2)c2ccccc2-c2ccccc21.CC(C)(C)OC(=O)[C@H]1NC[C@@H]1CCCB1OC(C)(C)C(C)(C)O1. The monoisotopic (exact) mass is 951 g/mol. The normalized spacial score (nSPS) is 24.5. The van der Waals surface area contributed by atoms with Crippen LogP contribution in [0.3, 0.4) is 0 Å². The molecule has 0 bridgehead atoms. The van der Waals surface area contributed by atoms with Crippen LogP contribution in [0.2, 0.25) is 12.6 Å². The molecule has 376 valence electrons. The first-order valence-electron chi connectivity index (χ1n) is 25.1. The molecule has 0 amide bonds. The van der Waals surface area contributed by atoms with Gasteiger partial charge in [0.2, 0.25) is 0 Å². The summed E-state index contributed by atoms with van der Waals surface area (Å²) in [6.07, 6.45) is 5.46. The van der Waals surface area contributed by atoms with Gasteiger partial charge in [0.05, 0.1) is 27.9 Å². The van der Waals surface area contributed by atoms with E-state index in [4.69, 9.17) is 38.0 Å². The third-order valence-corrected chi connectivity index (χ3v) is 14.8. The Morgan fingerprint density at radius 3 is 1.43 bits per heavy atom. The lowest BCUT2D eigenvalue weighted by molar-refractivity contribution is -0.177. The number of carbonyl (C=O) groups is 3. The van der Waals surface area contributed by atoms with Crippen molar-refractivity contribution in [3.63, 3.8) is 0 Å². The minimum Gasteiger partial charge on any atom is -0.481 e. The third kappa shape index (κ3) is 12.0. The summed E-state index contributed by atoms with van der Waals surface area (Å²) in [4.78, 5) is 37.6. The topological polar surface area (TPSA) is 142 Å². The fraction of sp³-hybridized carbons (Fsp3) is 0.618. The number of benzene rings is 3. The van der Waals surface area contributed by atoms with Crippen molar-refractivity contribution in [1.29, 1.82) is 0 Å². The smallest absolute Gasteiger partial charge is 0.457 e. The molecule has 12 nitrogen and oxygen atoms in total. The molecular formula is C55H80B2N2O10. The molecule has 0 aromatic heterocycles. The maximum absolute atomic E-state index is 14.1. The van der Waals surface area contributed by atoms with Crippen LogP contribution in [0, 0.1) is 11.8 Å². The van der Waals surface area contributed by atoms with Crippen LogP contribution in [0.15, 0.2) is 78.9 Å². The Labute approximate surface area is 413 Å². The molecule has 8 rings (SSSR count).